The highest BCUT2D eigenvalue weighted by molar-refractivity contribution is 7.17. The Labute approximate surface area is 144 Å². The van der Waals surface area contributed by atoms with Gasteiger partial charge in [0.1, 0.15) is 16.4 Å². The molecule has 1 N–H and O–H groups in total. The third-order valence-corrected chi connectivity index (χ3v) is 4.81. The third-order valence-electron chi connectivity index (χ3n) is 3.65. The Morgan fingerprint density at radius 1 is 1.25 bits per heavy atom. The van der Waals surface area contributed by atoms with E-state index >= 15 is 0 Å². The number of thiazole rings is 1. The zero-order valence-corrected chi connectivity index (χ0v) is 14.8. The maximum Gasteiger partial charge on any atom is 0.263 e. The lowest BCUT2D eigenvalue weighted by Gasteiger charge is -2.12. The van der Waals surface area contributed by atoms with Gasteiger partial charge in [0, 0.05) is 18.0 Å². The van der Waals surface area contributed by atoms with E-state index in [0.29, 0.717) is 21.4 Å². The number of hydrogen-bond donors (Lipinski definition) is 1. The van der Waals surface area contributed by atoms with Crippen LogP contribution in [0.5, 0.6) is 0 Å². The molecule has 0 aliphatic carbocycles. The van der Waals surface area contributed by atoms with E-state index in [1.54, 1.807) is 18.5 Å². The first-order chi connectivity index (χ1) is 11.5. The first-order valence-electron chi connectivity index (χ1n) is 7.58. The van der Waals surface area contributed by atoms with Crippen molar-refractivity contribution in [1.82, 2.24) is 20.3 Å². The molecule has 1 atom stereocenters. The van der Waals surface area contributed by atoms with Gasteiger partial charge in [-0.2, -0.15) is 0 Å². The van der Waals surface area contributed by atoms with E-state index < -0.39 is 0 Å². The van der Waals surface area contributed by atoms with E-state index in [1.807, 2.05) is 33.8 Å². The molecule has 0 saturated heterocycles. The van der Waals surface area contributed by atoms with Gasteiger partial charge in [0.25, 0.3) is 5.91 Å². The molecule has 3 aromatic rings. The second-order valence-electron chi connectivity index (χ2n) is 5.57. The van der Waals surface area contributed by atoms with Gasteiger partial charge in [0.05, 0.1) is 11.7 Å². The van der Waals surface area contributed by atoms with Gasteiger partial charge in [0.15, 0.2) is 10.8 Å². The molecule has 3 aromatic heterocycles. The summed E-state index contributed by atoms with van der Waals surface area (Å²) in [5.41, 5.74) is 1.65. The molecule has 0 aromatic carbocycles. The quantitative estimate of drug-likeness (QED) is 0.783. The van der Waals surface area contributed by atoms with E-state index in [-0.39, 0.29) is 11.9 Å². The van der Waals surface area contributed by atoms with Gasteiger partial charge < -0.3 is 9.73 Å². The summed E-state index contributed by atoms with van der Waals surface area (Å²) in [4.78, 5) is 25.9. The van der Waals surface area contributed by atoms with Crippen molar-refractivity contribution in [3.63, 3.8) is 0 Å². The zero-order chi connectivity index (χ0) is 17.3. The number of carbonyl (C=O) groups is 1. The van der Waals surface area contributed by atoms with Crippen LogP contribution in [-0.4, -0.2) is 20.9 Å². The highest BCUT2D eigenvalue weighted by Crippen LogP contribution is 2.26. The third kappa shape index (κ3) is 3.21. The van der Waals surface area contributed by atoms with Crippen molar-refractivity contribution >= 4 is 17.2 Å². The smallest absolute Gasteiger partial charge is 0.263 e. The SMILES string of the molecule is Cc1cc(C(C)NC(=O)c2sc(-c3ncccn3)nc2C)c(C)o1. The minimum Gasteiger partial charge on any atom is -0.466 e. The van der Waals surface area contributed by atoms with Crippen LogP contribution < -0.4 is 5.32 Å². The van der Waals surface area contributed by atoms with Crippen molar-refractivity contribution in [2.24, 2.45) is 0 Å². The molecule has 0 bridgehead atoms. The van der Waals surface area contributed by atoms with Crippen molar-refractivity contribution in [3.8, 4) is 10.8 Å². The number of amides is 1. The lowest BCUT2D eigenvalue weighted by Crippen LogP contribution is -2.26. The fourth-order valence-corrected chi connectivity index (χ4v) is 3.45. The Morgan fingerprint density at radius 3 is 2.58 bits per heavy atom. The second-order valence-corrected chi connectivity index (χ2v) is 6.57. The number of rotatable bonds is 4. The van der Waals surface area contributed by atoms with Crippen LogP contribution in [0.3, 0.4) is 0 Å². The van der Waals surface area contributed by atoms with Gasteiger partial charge in [-0.3, -0.25) is 4.79 Å². The average molecular weight is 342 g/mol. The van der Waals surface area contributed by atoms with Crippen LogP contribution in [0.15, 0.2) is 28.9 Å². The average Bonchev–Trinajstić information content (AvgIpc) is 3.10. The van der Waals surface area contributed by atoms with Crippen LogP contribution in [-0.2, 0) is 0 Å². The predicted octanol–water partition coefficient (Wildman–Crippen LogP) is 3.61. The van der Waals surface area contributed by atoms with E-state index in [1.165, 1.54) is 11.3 Å². The molecule has 1 amide bonds. The monoisotopic (exact) mass is 342 g/mol. The Hall–Kier alpha value is -2.54. The molecular formula is C17H18N4O2S. The number of nitrogens with zero attached hydrogens (tertiary/aromatic N) is 3. The number of furan rings is 1. The zero-order valence-electron chi connectivity index (χ0n) is 14.0. The number of carbonyl (C=O) groups excluding carboxylic acids is 1. The summed E-state index contributed by atoms with van der Waals surface area (Å²) >= 11 is 1.30. The van der Waals surface area contributed by atoms with Crippen LogP contribution in [0.2, 0.25) is 0 Å². The molecule has 3 rings (SSSR count). The fourth-order valence-electron chi connectivity index (χ4n) is 2.53. The molecule has 0 aliphatic heterocycles. The Balaban J connectivity index is 1.80. The van der Waals surface area contributed by atoms with Crippen LogP contribution in [0.25, 0.3) is 10.8 Å². The van der Waals surface area contributed by atoms with E-state index in [0.717, 1.165) is 17.1 Å². The topological polar surface area (TPSA) is 80.9 Å². The van der Waals surface area contributed by atoms with Gasteiger partial charge in [-0.1, -0.05) is 0 Å². The number of nitrogens with one attached hydrogen (secondary N) is 1. The largest absolute Gasteiger partial charge is 0.466 e. The number of hydrogen-bond acceptors (Lipinski definition) is 6. The Kier molecular flexibility index (Phi) is 4.44. The van der Waals surface area contributed by atoms with Gasteiger partial charge >= 0.3 is 0 Å². The van der Waals surface area contributed by atoms with Gasteiger partial charge in [-0.05, 0) is 39.8 Å². The fraction of sp³-hybridized carbons (Fsp3) is 0.294. The summed E-state index contributed by atoms with van der Waals surface area (Å²) in [5, 5.41) is 3.64. The molecule has 3 heterocycles. The molecule has 0 spiro atoms. The molecule has 1 unspecified atom stereocenters. The highest BCUT2D eigenvalue weighted by atomic mass is 32.1. The van der Waals surface area contributed by atoms with Gasteiger partial charge in [-0.15, -0.1) is 11.3 Å². The first kappa shape index (κ1) is 16.3. The summed E-state index contributed by atoms with van der Waals surface area (Å²) < 4.78 is 5.53. The Bertz CT molecular complexity index is 870. The molecule has 24 heavy (non-hydrogen) atoms. The van der Waals surface area contributed by atoms with Crippen molar-refractivity contribution in [2.45, 2.75) is 33.7 Å². The summed E-state index contributed by atoms with van der Waals surface area (Å²) in [7, 11) is 0. The van der Waals surface area contributed by atoms with E-state index in [4.69, 9.17) is 4.42 Å². The van der Waals surface area contributed by atoms with Crippen LogP contribution >= 0.6 is 11.3 Å². The highest BCUT2D eigenvalue weighted by Gasteiger charge is 2.21. The molecule has 124 valence electrons. The minimum atomic E-state index is -0.155. The molecule has 7 heteroatoms. The van der Waals surface area contributed by atoms with Crippen LogP contribution in [0.1, 0.15) is 45.4 Å². The number of aryl methyl sites for hydroxylation is 3. The molecule has 0 fully saturated rings. The summed E-state index contributed by atoms with van der Waals surface area (Å²) in [6, 6.07) is 3.55. The minimum absolute atomic E-state index is 0.145. The Morgan fingerprint density at radius 2 is 1.96 bits per heavy atom. The van der Waals surface area contributed by atoms with E-state index in [2.05, 4.69) is 20.3 Å². The van der Waals surface area contributed by atoms with Gasteiger partial charge in [-0.25, -0.2) is 15.0 Å². The molecular weight excluding hydrogens is 324 g/mol. The maximum atomic E-state index is 12.6. The van der Waals surface area contributed by atoms with Crippen molar-refractivity contribution in [3.05, 3.63) is 52.2 Å². The lowest BCUT2D eigenvalue weighted by atomic mass is 10.1. The normalized spacial score (nSPS) is 12.2. The van der Waals surface area contributed by atoms with E-state index in [9.17, 15) is 4.79 Å². The lowest BCUT2D eigenvalue weighted by molar-refractivity contribution is 0.0943. The number of aromatic nitrogens is 3. The van der Waals surface area contributed by atoms with Crippen molar-refractivity contribution < 1.29 is 9.21 Å². The predicted molar refractivity (Wildman–Crippen MR) is 91.9 cm³/mol. The van der Waals surface area contributed by atoms with Crippen molar-refractivity contribution in [2.75, 3.05) is 0 Å². The maximum absolute atomic E-state index is 12.6. The van der Waals surface area contributed by atoms with Crippen LogP contribution in [0.4, 0.5) is 0 Å². The molecule has 0 saturated carbocycles. The summed E-state index contributed by atoms with van der Waals surface area (Å²) in [5.74, 6) is 2.03. The van der Waals surface area contributed by atoms with Gasteiger partial charge in [0.2, 0.25) is 0 Å². The standard InChI is InChI=1S/C17H18N4O2S/c1-9-8-13(12(4)23-9)10(2)20-16(22)14-11(3)21-17(24-14)15-18-6-5-7-19-15/h5-8,10H,1-4H3,(H,20,22). The van der Waals surface area contributed by atoms with Crippen LogP contribution in [0, 0.1) is 20.8 Å². The molecule has 0 aliphatic rings. The summed E-state index contributed by atoms with van der Waals surface area (Å²) in [6.45, 7) is 7.54. The second kappa shape index (κ2) is 6.52. The molecule has 0 radical (unpaired) electrons. The summed E-state index contributed by atoms with van der Waals surface area (Å²) in [6.07, 6.45) is 3.32. The first-order valence-corrected chi connectivity index (χ1v) is 8.40. The molecule has 6 nitrogen and oxygen atoms in total. The van der Waals surface area contributed by atoms with Crippen molar-refractivity contribution in [1.29, 1.82) is 0 Å².